The van der Waals surface area contributed by atoms with Gasteiger partial charge in [-0.15, -0.1) is 0 Å². The van der Waals surface area contributed by atoms with Crippen LogP contribution in [-0.4, -0.2) is 41.7 Å². The second kappa shape index (κ2) is 5.80. The molecule has 0 bridgehead atoms. The molecular weight excluding hydrogens is 361 g/mol. The maximum atomic E-state index is 15.2. The number of aromatic carboxylic acids is 1. The van der Waals surface area contributed by atoms with Gasteiger partial charge in [-0.3, -0.25) is 9.20 Å². The Bertz CT molecular complexity index is 1070. The van der Waals surface area contributed by atoms with E-state index in [0.29, 0.717) is 17.2 Å². The maximum absolute atomic E-state index is 15.2. The van der Waals surface area contributed by atoms with Crippen molar-refractivity contribution in [2.75, 3.05) is 25.0 Å². The Morgan fingerprint density at radius 2 is 2.07 bits per heavy atom. The van der Waals surface area contributed by atoms with Crippen molar-refractivity contribution in [3.05, 3.63) is 45.1 Å². The molecule has 1 atom stereocenters. The second-order valence-corrected chi connectivity index (χ2v) is 8.65. The van der Waals surface area contributed by atoms with E-state index in [-0.39, 0.29) is 16.9 Å². The van der Waals surface area contributed by atoms with E-state index < -0.39 is 17.3 Å². The molecule has 2 N–H and O–H groups in total. The summed E-state index contributed by atoms with van der Waals surface area (Å²) in [4.78, 5) is 26.3. The third-order valence-corrected chi connectivity index (χ3v) is 6.89. The zero-order chi connectivity index (χ0) is 19.8. The first-order chi connectivity index (χ1) is 13.4. The maximum Gasteiger partial charge on any atom is 0.341 e. The Morgan fingerprint density at radius 3 is 2.61 bits per heavy atom. The van der Waals surface area contributed by atoms with Gasteiger partial charge in [0.05, 0.1) is 17.4 Å². The first kappa shape index (κ1) is 17.7. The minimum Gasteiger partial charge on any atom is -0.477 e. The molecule has 6 nitrogen and oxygen atoms in total. The van der Waals surface area contributed by atoms with Gasteiger partial charge in [0.25, 0.3) is 5.56 Å². The van der Waals surface area contributed by atoms with Crippen LogP contribution in [0.2, 0.25) is 0 Å². The van der Waals surface area contributed by atoms with Crippen LogP contribution in [0.4, 0.5) is 10.1 Å². The molecule has 1 unspecified atom stereocenters. The van der Waals surface area contributed by atoms with E-state index in [1.807, 2.05) is 14.0 Å². The molecule has 1 saturated heterocycles. The topological polar surface area (TPSA) is 74.0 Å². The number of aryl methyl sites for hydroxylation is 1. The minimum absolute atomic E-state index is 0.228. The molecule has 28 heavy (non-hydrogen) atoms. The Kier molecular flexibility index (Phi) is 3.66. The molecule has 3 heterocycles. The lowest BCUT2D eigenvalue weighted by atomic mass is 10.0. The standard InChI is InChI=1S/C21H24FN3O3/c1-11-17-13(12-3-4-12)7-14(20(27)28)19(26)25(17)8-15(22)18(11)24-9-16(23-2)21(10-24)5-6-21/h7-8,12,16,23H,3-6,9-10H2,1-2H3,(H,27,28). The van der Waals surface area contributed by atoms with Crippen LogP contribution >= 0.6 is 0 Å². The van der Waals surface area contributed by atoms with E-state index in [9.17, 15) is 14.7 Å². The number of anilines is 1. The lowest BCUT2D eigenvalue weighted by Gasteiger charge is -2.24. The summed E-state index contributed by atoms with van der Waals surface area (Å²) in [5.41, 5.74) is 2.06. The van der Waals surface area contributed by atoms with E-state index in [1.165, 1.54) is 16.7 Å². The van der Waals surface area contributed by atoms with Crippen LogP contribution < -0.4 is 15.8 Å². The summed E-state index contributed by atoms with van der Waals surface area (Å²) in [6.45, 7) is 3.40. The first-order valence-electron chi connectivity index (χ1n) is 9.90. The summed E-state index contributed by atoms with van der Waals surface area (Å²) in [7, 11) is 1.95. The van der Waals surface area contributed by atoms with Gasteiger partial charge in [-0.25, -0.2) is 9.18 Å². The fourth-order valence-electron chi connectivity index (χ4n) is 5.09. The van der Waals surface area contributed by atoms with Gasteiger partial charge in [-0.1, -0.05) is 0 Å². The van der Waals surface area contributed by atoms with Crippen LogP contribution in [0.15, 0.2) is 17.1 Å². The molecule has 3 fully saturated rings. The number of pyridine rings is 2. The zero-order valence-electron chi connectivity index (χ0n) is 16.1. The summed E-state index contributed by atoms with van der Waals surface area (Å²) in [6.07, 6.45) is 5.42. The number of hydrogen-bond acceptors (Lipinski definition) is 4. The zero-order valence-corrected chi connectivity index (χ0v) is 16.1. The third kappa shape index (κ3) is 2.42. The third-order valence-electron chi connectivity index (χ3n) is 6.89. The molecule has 2 aromatic heterocycles. The number of carboxylic acid groups (broad SMARTS) is 1. The van der Waals surface area contributed by atoms with E-state index in [0.717, 1.165) is 49.9 Å². The van der Waals surface area contributed by atoms with Crippen molar-refractivity contribution in [2.24, 2.45) is 5.41 Å². The molecule has 2 aromatic rings. The van der Waals surface area contributed by atoms with Gasteiger partial charge in [-0.05, 0) is 62.8 Å². The summed E-state index contributed by atoms with van der Waals surface area (Å²) in [5.74, 6) is -1.50. The SMILES string of the molecule is CNC1CN(c2c(F)cn3c(=O)c(C(=O)O)cc(C4CC4)c3c2C)CC12CC2. The molecule has 0 amide bonds. The summed E-state index contributed by atoms with van der Waals surface area (Å²) in [6, 6.07) is 1.84. The quantitative estimate of drug-likeness (QED) is 0.846. The number of halogens is 1. The first-order valence-corrected chi connectivity index (χ1v) is 9.90. The number of nitrogens with one attached hydrogen (secondary N) is 1. The molecule has 1 aliphatic heterocycles. The van der Waals surface area contributed by atoms with Crippen molar-refractivity contribution in [1.29, 1.82) is 0 Å². The molecule has 3 aliphatic rings. The molecule has 0 radical (unpaired) electrons. The van der Waals surface area contributed by atoms with Crippen molar-refractivity contribution < 1.29 is 14.3 Å². The smallest absolute Gasteiger partial charge is 0.341 e. The van der Waals surface area contributed by atoms with Gasteiger partial charge in [0.15, 0.2) is 5.82 Å². The molecule has 2 aliphatic carbocycles. The van der Waals surface area contributed by atoms with E-state index >= 15 is 4.39 Å². The van der Waals surface area contributed by atoms with Crippen molar-refractivity contribution in [3.63, 3.8) is 0 Å². The number of carboxylic acids is 1. The number of rotatable bonds is 4. The van der Waals surface area contributed by atoms with Gasteiger partial charge in [0.1, 0.15) is 5.56 Å². The Hall–Kier alpha value is -2.41. The van der Waals surface area contributed by atoms with E-state index in [4.69, 9.17) is 0 Å². The van der Waals surface area contributed by atoms with Gasteiger partial charge in [0.2, 0.25) is 0 Å². The Labute approximate surface area is 162 Å². The average molecular weight is 385 g/mol. The summed E-state index contributed by atoms with van der Waals surface area (Å²) in [5, 5.41) is 12.8. The van der Waals surface area contributed by atoms with Crippen molar-refractivity contribution >= 4 is 17.2 Å². The molecule has 5 rings (SSSR count). The fraction of sp³-hybridized carbons (Fsp3) is 0.524. The minimum atomic E-state index is -1.27. The molecule has 7 heteroatoms. The number of fused-ring (bicyclic) bond motifs is 1. The number of likely N-dealkylation sites (N-methyl/N-ethyl adjacent to an activating group) is 1. The van der Waals surface area contributed by atoms with Crippen molar-refractivity contribution in [3.8, 4) is 0 Å². The fourth-order valence-corrected chi connectivity index (χ4v) is 5.09. The average Bonchev–Trinajstić information content (AvgIpc) is 3.54. The lowest BCUT2D eigenvalue weighted by Crippen LogP contribution is -2.34. The monoisotopic (exact) mass is 385 g/mol. The second-order valence-electron chi connectivity index (χ2n) is 8.65. The number of hydrogen-bond donors (Lipinski definition) is 2. The highest BCUT2D eigenvalue weighted by molar-refractivity contribution is 5.89. The van der Waals surface area contributed by atoms with Crippen LogP contribution in [0.3, 0.4) is 0 Å². The van der Waals surface area contributed by atoms with E-state index in [1.54, 1.807) is 0 Å². The number of carbonyl (C=O) groups is 1. The van der Waals surface area contributed by atoms with E-state index in [2.05, 4.69) is 10.2 Å². The highest BCUT2D eigenvalue weighted by atomic mass is 19.1. The van der Waals surface area contributed by atoms with Gasteiger partial charge in [-0.2, -0.15) is 0 Å². The predicted octanol–water partition coefficient (Wildman–Crippen LogP) is 2.51. The number of aromatic nitrogens is 1. The molecular formula is C21H24FN3O3. The van der Waals surface area contributed by atoms with Crippen molar-refractivity contribution in [1.82, 2.24) is 9.72 Å². The Balaban J connectivity index is 1.72. The lowest BCUT2D eigenvalue weighted by molar-refractivity contribution is 0.0694. The van der Waals surface area contributed by atoms with Gasteiger partial charge in [0, 0.05) is 24.5 Å². The summed E-state index contributed by atoms with van der Waals surface area (Å²) < 4.78 is 16.4. The molecule has 0 aromatic carbocycles. The van der Waals surface area contributed by atoms with Crippen LogP contribution in [0.5, 0.6) is 0 Å². The van der Waals surface area contributed by atoms with Crippen molar-refractivity contribution in [2.45, 2.75) is 44.6 Å². The highest BCUT2D eigenvalue weighted by Gasteiger charge is 2.55. The van der Waals surface area contributed by atoms with Gasteiger partial charge < -0.3 is 15.3 Å². The van der Waals surface area contributed by atoms with Crippen LogP contribution in [0.25, 0.3) is 5.52 Å². The Morgan fingerprint density at radius 1 is 1.36 bits per heavy atom. The normalized spacial score (nSPS) is 23.0. The van der Waals surface area contributed by atoms with Crippen LogP contribution in [0.1, 0.15) is 53.1 Å². The molecule has 2 saturated carbocycles. The molecule has 1 spiro atoms. The van der Waals surface area contributed by atoms with Crippen LogP contribution in [0, 0.1) is 18.2 Å². The van der Waals surface area contributed by atoms with Crippen LogP contribution in [-0.2, 0) is 0 Å². The number of nitrogens with zero attached hydrogens (tertiary/aromatic N) is 2. The predicted molar refractivity (Wildman–Crippen MR) is 104 cm³/mol. The highest BCUT2D eigenvalue weighted by Crippen LogP contribution is 2.54. The molecule has 148 valence electrons. The summed E-state index contributed by atoms with van der Waals surface area (Å²) >= 11 is 0. The van der Waals surface area contributed by atoms with Gasteiger partial charge >= 0.3 is 5.97 Å². The largest absolute Gasteiger partial charge is 0.477 e.